The molecule has 29 heavy (non-hydrogen) atoms. The number of rotatable bonds is 4. The van der Waals surface area contributed by atoms with Crippen LogP contribution in [0.1, 0.15) is 42.6 Å². The highest BCUT2D eigenvalue weighted by atomic mass is 16.2. The minimum absolute atomic E-state index is 0.00113. The van der Waals surface area contributed by atoms with Crippen LogP contribution in [0, 0.1) is 19.8 Å². The van der Waals surface area contributed by atoms with Gasteiger partial charge in [0, 0.05) is 18.5 Å². The Morgan fingerprint density at radius 3 is 2.72 bits per heavy atom. The zero-order valence-corrected chi connectivity index (χ0v) is 17.4. The van der Waals surface area contributed by atoms with Gasteiger partial charge in [-0.25, -0.2) is 9.97 Å². The molecule has 3 aromatic rings. The largest absolute Gasteiger partial charge is 0.349 e. The Bertz CT molecular complexity index is 1020. The zero-order chi connectivity index (χ0) is 20.4. The van der Waals surface area contributed by atoms with Crippen LogP contribution in [0.5, 0.6) is 0 Å². The summed E-state index contributed by atoms with van der Waals surface area (Å²) >= 11 is 0. The zero-order valence-electron chi connectivity index (χ0n) is 17.4. The Morgan fingerprint density at radius 2 is 1.93 bits per heavy atom. The van der Waals surface area contributed by atoms with Crippen LogP contribution in [0.25, 0.3) is 10.9 Å². The molecule has 2 heterocycles. The van der Waals surface area contributed by atoms with Gasteiger partial charge in [-0.3, -0.25) is 4.79 Å². The van der Waals surface area contributed by atoms with Crippen LogP contribution in [0.4, 0.5) is 5.95 Å². The summed E-state index contributed by atoms with van der Waals surface area (Å²) in [6.45, 7) is 7.68. The molecule has 1 aliphatic heterocycles. The van der Waals surface area contributed by atoms with E-state index in [1.165, 1.54) is 5.56 Å². The lowest BCUT2D eigenvalue weighted by Crippen LogP contribution is -2.44. The SMILES string of the molecule is Cc1ccc2c(C)nc(N3CCC[C@H](C(=O)N[C@@H](C)c4ccccc4)C3)nc2c1. The summed E-state index contributed by atoms with van der Waals surface area (Å²) in [6, 6.07) is 16.4. The van der Waals surface area contributed by atoms with Gasteiger partial charge < -0.3 is 10.2 Å². The molecule has 5 heteroatoms. The first-order valence-corrected chi connectivity index (χ1v) is 10.4. The van der Waals surface area contributed by atoms with Gasteiger partial charge in [-0.05, 0) is 50.8 Å². The molecule has 1 amide bonds. The maximum absolute atomic E-state index is 12.9. The molecule has 1 aromatic heterocycles. The van der Waals surface area contributed by atoms with Gasteiger partial charge in [-0.1, -0.05) is 42.5 Å². The summed E-state index contributed by atoms with van der Waals surface area (Å²) in [5.74, 6) is 0.792. The van der Waals surface area contributed by atoms with E-state index in [0.29, 0.717) is 6.54 Å². The number of fused-ring (bicyclic) bond motifs is 1. The second-order valence-corrected chi connectivity index (χ2v) is 8.06. The fraction of sp³-hybridized carbons (Fsp3) is 0.375. The van der Waals surface area contributed by atoms with Gasteiger partial charge in [0.1, 0.15) is 0 Å². The standard InChI is InChI=1S/C24H28N4O/c1-16-11-12-21-18(3)26-24(27-22(21)14-16)28-13-7-10-20(15-28)23(29)25-17(2)19-8-5-4-6-9-19/h4-6,8-9,11-12,14,17,20H,7,10,13,15H2,1-3H3,(H,25,29)/t17-,20-/m0/s1. The molecule has 4 rings (SSSR count). The Labute approximate surface area is 172 Å². The van der Waals surface area contributed by atoms with Gasteiger partial charge in [0.05, 0.1) is 23.2 Å². The molecule has 0 spiro atoms. The number of nitrogens with zero attached hydrogens (tertiary/aromatic N) is 3. The average Bonchev–Trinajstić information content (AvgIpc) is 2.74. The van der Waals surface area contributed by atoms with Gasteiger partial charge in [0.2, 0.25) is 11.9 Å². The molecule has 1 fully saturated rings. The molecule has 0 radical (unpaired) electrons. The molecule has 0 aliphatic carbocycles. The van der Waals surface area contributed by atoms with Crippen molar-refractivity contribution in [2.45, 2.75) is 39.7 Å². The fourth-order valence-corrected chi connectivity index (χ4v) is 4.05. The maximum atomic E-state index is 12.9. The smallest absolute Gasteiger partial charge is 0.226 e. The first-order chi connectivity index (χ1) is 14.0. The first-order valence-electron chi connectivity index (χ1n) is 10.4. The summed E-state index contributed by atoms with van der Waals surface area (Å²) in [5.41, 5.74) is 4.26. The van der Waals surface area contributed by atoms with Crippen molar-refractivity contribution in [3.05, 3.63) is 65.4 Å². The lowest BCUT2D eigenvalue weighted by atomic mass is 9.96. The Balaban J connectivity index is 1.49. The Kier molecular flexibility index (Phi) is 5.47. The minimum Gasteiger partial charge on any atom is -0.349 e. The molecule has 150 valence electrons. The van der Waals surface area contributed by atoms with Crippen LogP contribution in [0.15, 0.2) is 48.5 Å². The van der Waals surface area contributed by atoms with Gasteiger partial charge >= 0.3 is 0 Å². The quantitative estimate of drug-likeness (QED) is 0.722. The van der Waals surface area contributed by atoms with Crippen molar-refractivity contribution in [1.82, 2.24) is 15.3 Å². The highest BCUT2D eigenvalue weighted by molar-refractivity contribution is 5.83. The molecule has 2 atom stereocenters. The van der Waals surface area contributed by atoms with Crippen LogP contribution in [0.3, 0.4) is 0 Å². The number of aryl methyl sites for hydroxylation is 2. The molecule has 0 unspecified atom stereocenters. The predicted molar refractivity (Wildman–Crippen MR) is 117 cm³/mol. The van der Waals surface area contributed by atoms with E-state index < -0.39 is 0 Å². The van der Waals surface area contributed by atoms with Crippen LogP contribution in [-0.4, -0.2) is 29.0 Å². The van der Waals surface area contributed by atoms with Crippen molar-refractivity contribution in [2.75, 3.05) is 18.0 Å². The lowest BCUT2D eigenvalue weighted by molar-refractivity contribution is -0.125. The number of carbonyl (C=O) groups excluding carboxylic acids is 1. The second-order valence-electron chi connectivity index (χ2n) is 8.06. The van der Waals surface area contributed by atoms with Crippen molar-refractivity contribution in [2.24, 2.45) is 5.92 Å². The monoisotopic (exact) mass is 388 g/mol. The van der Waals surface area contributed by atoms with Crippen LogP contribution >= 0.6 is 0 Å². The van der Waals surface area contributed by atoms with E-state index in [1.54, 1.807) is 0 Å². The van der Waals surface area contributed by atoms with Crippen molar-refractivity contribution in [3.8, 4) is 0 Å². The van der Waals surface area contributed by atoms with E-state index in [1.807, 2.05) is 44.2 Å². The number of nitrogens with one attached hydrogen (secondary N) is 1. The number of carbonyl (C=O) groups is 1. The van der Waals surface area contributed by atoms with Gasteiger partial charge in [0.15, 0.2) is 0 Å². The normalized spacial score (nSPS) is 17.9. The van der Waals surface area contributed by atoms with Gasteiger partial charge in [-0.15, -0.1) is 0 Å². The number of anilines is 1. The fourth-order valence-electron chi connectivity index (χ4n) is 4.05. The number of hydrogen-bond acceptors (Lipinski definition) is 4. The lowest BCUT2D eigenvalue weighted by Gasteiger charge is -2.33. The summed E-state index contributed by atoms with van der Waals surface area (Å²) in [5, 5.41) is 4.27. The van der Waals surface area contributed by atoms with Crippen LogP contribution in [0.2, 0.25) is 0 Å². The summed E-state index contributed by atoms with van der Waals surface area (Å²) in [4.78, 5) is 24.6. The average molecular weight is 389 g/mol. The van der Waals surface area contributed by atoms with Crippen molar-refractivity contribution in [3.63, 3.8) is 0 Å². The summed E-state index contributed by atoms with van der Waals surface area (Å²) in [7, 11) is 0. The minimum atomic E-state index is -0.0491. The predicted octanol–water partition coefficient (Wildman–Crippen LogP) is 4.34. The van der Waals surface area contributed by atoms with Crippen LogP contribution < -0.4 is 10.2 Å². The summed E-state index contributed by atoms with van der Waals surface area (Å²) in [6.07, 6.45) is 1.86. The molecule has 0 bridgehead atoms. The number of piperidine rings is 1. The van der Waals surface area contributed by atoms with Crippen molar-refractivity contribution >= 4 is 22.8 Å². The molecule has 0 saturated carbocycles. The number of hydrogen-bond donors (Lipinski definition) is 1. The number of aromatic nitrogens is 2. The molecule has 1 N–H and O–H groups in total. The third-order valence-electron chi connectivity index (χ3n) is 5.76. The van der Waals surface area contributed by atoms with E-state index in [-0.39, 0.29) is 17.9 Å². The van der Waals surface area contributed by atoms with E-state index in [2.05, 4.69) is 35.3 Å². The molecule has 2 aromatic carbocycles. The molecule has 1 aliphatic rings. The molecule has 5 nitrogen and oxygen atoms in total. The van der Waals surface area contributed by atoms with Crippen molar-refractivity contribution in [1.29, 1.82) is 0 Å². The van der Waals surface area contributed by atoms with E-state index >= 15 is 0 Å². The molecule has 1 saturated heterocycles. The highest BCUT2D eigenvalue weighted by Crippen LogP contribution is 2.25. The molecular formula is C24H28N4O. The Hall–Kier alpha value is -2.95. The number of amides is 1. The summed E-state index contributed by atoms with van der Waals surface area (Å²) < 4.78 is 0. The Morgan fingerprint density at radius 1 is 1.14 bits per heavy atom. The third kappa shape index (κ3) is 4.24. The van der Waals surface area contributed by atoms with E-state index in [0.717, 1.165) is 47.5 Å². The maximum Gasteiger partial charge on any atom is 0.226 e. The van der Waals surface area contributed by atoms with E-state index in [4.69, 9.17) is 9.97 Å². The van der Waals surface area contributed by atoms with Crippen LogP contribution in [-0.2, 0) is 4.79 Å². The number of benzene rings is 2. The van der Waals surface area contributed by atoms with Gasteiger partial charge in [0.25, 0.3) is 0 Å². The third-order valence-corrected chi connectivity index (χ3v) is 5.76. The van der Waals surface area contributed by atoms with E-state index in [9.17, 15) is 4.79 Å². The second kappa shape index (κ2) is 8.19. The topological polar surface area (TPSA) is 58.1 Å². The van der Waals surface area contributed by atoms with Crippen molar-refractivity contribution < 1.29 is 4.79 Å². The first kappa shape index (κ1) is 19.4. The van der Waals surface area contributed by atoms with Gasteiger partial charge in [-0.2, -0.15) is 0 Å². The molecular weight excluding hydrogens is 360 g/mol. The highest BCUT2D eigenvalue weighted by Gasteiger charge is 2.28.